The number of halogens is 1. The number of sulfone groups is 1. The molecule has 1 fully saturated rings. The third-order valence-corrected chi connectivity index (χ3v) is 6.08. The topological polar surface area (TPSA) is 60.2 Å². The molecule has 1 aromatic carbocycles. The van der Waals surface area contributed by atoms with Gasteiger partial charge in [-0.05, 0) is 52.9 Å². The minimum absolute atomic E-state index is 0.259. The smallest absolute Gasteiger partial charge is 0.179 e. The molecule has 1 aliphatic carbocycles. The van der Waals surface area contributed by atoms with E-state index in [0.717, 1.165) is 25.7 Å². The predicted molar refractivity (Wildman–Crippen MR) is 72.6 cm³/mol. The molecule has 0 heterocycles. The third kappa shape index (κ3) is 3.01. The van der Waals surface area contributed by atoms with Crippen LogP contribution in [0.5, 0.6) is 0 Å². The molecule has 1 saturated carbocycles. The van der Waals surface area contributed by atoms with Crippen molar-refractivity contribution >= 4 is 31.5 Å². The van der Waals surface area contributed by atoms with Crippen molar-refractivity contribution in [2.75, 3.05) is 11.5 Å². The lowest BCUT2D eigenvalue weighted by molar-refractivity contribution is 0.558. The summed E-state index contributed by atoms with van der Waals surface area (Å²) in [6.45, 7) is 0. The van der Waals surface area contributed by atoms with Crippen molar-refractivity contribution < 1.29 is 8.42 Å². The second-order valence-electron chi connectivity index (χ2n) is 4.62. The fourth-order valence-corrected chi connectivity index (χ4v) is 5.25. The minimum Gasteiger partial charge on any atom is -0.399 e. The zero-order chi connectivity index (χ0) is 12.5. The van der Waals surface area contributed by atoms with Crippen LogP contribution in [0.1, 0.15) is 25.7 Å². The SMILES string of the molecule is Nc1ccc(S(=O)(=O)CC2CCCC2)c(Br)c1. The summed E-state index contributed by atoms with van der Waals surface area (Å²) in [5.74, 6) is 0.583. The van der Waals surface area contributed by atoms with Gasteiger partial charge in [0, 0.05) is 10.2 Å². The molecule has 0 spiro atoms. The van der Waals surface area contributed by atoms with E-state index in [1.54, 1.807) is 18.2 Å². The van der Waals surface area contributed by atoms with Crippen molar-refractivity contribution in [3.05, 3.63) is 22.7 Å². The Morgan fingerprint density at radius 2 is 1.94 bits per heavy atom. The number of nitrogens with two attached hydrogens (primary N) is 1. The Bertz CT molecular complexity index is 507. The molecule has 0 atom stereocenters. The summed E-state index contributed by atoms with van der Waals surface area (Å²) in [6.07, 6.45) is 4.38. The molecule has 3 nitrogen and oxygen atoms in total. The lowest BCUT2D eigenvalue weighted by Crippen LogP contribution is -2.14. The van der Waals surface area contributed by atoms with E-state index in [9.17, 15) is 8.42 Å². The monoisotopic (exact) mass is 317 g/mol. The molecule has 0 radical (unpaired) electrons. The summed E-state index contributed by atoms with van der Waals surface area (Å²) < 4.78 is 25.1. The van der Waals surface area contributed by atoms with Crippen LogP contribution >= 0.6 is 15.9 Å². The Morgan fingerprint density at radius 1 is 1.29 bits per heavy atom. The Labute approximate surface area is 110 Å². The van der Waals surface area contributed by atoms with Crippen LogP contribution in [-0.2, 0) is 9.84 Å². The standard InChI is InChI=1S/C12H16BrNO2S/c13-11-7-10(14)5-6-12(11)17(15,16)8-9-3-1-2-4-9/h5-7,9H,1-4,8,14H2. The quantitative estimate of drug-likeness (QED) is 0.872. The molecule has 0 saturated heterocycles. The number of anilines is 1. The Kier molecular flexibility index (Phi) is 3.78. The van der Waals surface area contributed by atoms with Gasteiger partial charge in [0.25, 0.3) is 0 Å². The van der Waals surface area contributed by atoms with Crippen molar-refractivity contribution in [3.8, 4) is 0 Å². The third-order valence-electron chi connectivity index (χ3n) is 3.22. The van der Waals surface area contributed by atoms with Gasteiger partial charge in [-0.2, -0.15) is 0 Å². The van der Waals surface area contributed by atoms with Gasteiger partial charge in [-0.15, -0.1) is 0 Å². The number of rotatable bonds is 3. The maximum Gasteiger partial charge on any atom is 0.179 e. The molecule has 0 bridgehead atoms. The van der Waals surface area contributed by atoms with Crippen molar-refractivity contribution in [1.82, 2.24) is 0 Å². The molecule has 2 N–H and O–H groups in total. The highest BCUT2D eigenvalue weighted by Crippen LogP contribution is 2.31. The molecule has 5 heteroatoms. The van der Waals surface area contributed by atoms with Crippen LogP contribution in [0.3, 0.4) is 0 Å². The second kappa shape index (κ2) is 4.98. The zero-order valence-electron chi connectivity index (χ0n) is 9.52. The van der Waals surface area contributed by atoms with E-state index >= 15 is 0 Å². The molecule has 0 aliphatic heterocycles. The van der Waals surface area contributed by atoms with Crippen molar-refractivity contribution in [3.63, 3.8) is 0 Å². The number of benzene rings is 1. The first-order valence-electron chi connectivity index (χ1n) is 5.77. The highest BCUT2D eigenvalue weighted by atomic mass is 79.9. The fourth-order valence-electron chi connectivity index (χ4n) is 2.35. The van der Waals surface area contributed by atoms with E-state index < -0.39 is 9.84 Å². The second-order valence-corrected chi connectivity index (χ2v) is 7.48. The lowest BCUT2D eigenvalue weighted by atomic mass is 10.1. The summed E-state index contributed by atoms with van der Waals surface area (Å²) >= 11 is 3.27. The van der Waals surface area contributed by atoms with Crippen LogP contribution in [-0.4, -0.2) is 14.2 Å². The van der Waals surface area contributed by atoms with Gasteiger partial charge in [0.2, 0.25) is 0 Å². The summed E-state index contributed by atoms with van der Waals surface area (Å²) in [5.41, 5.74) is 6.18. The number of hydrogen-bond acceptors (Lipinski definition) is 3. The molecule has 0 aromatic heterocycles. The van der Waals surface area contributed by atoms with Crippen molar-refractivity contribution in [1.29, 1.82) is 0 Å². The average Bonchev–Trinajstić information content (AvgIpc) is 2.68. The normalized spacial score (nSPS) is 17.5. The Morgan fingerprint density at radius 3 is 2.53 bits per heavy atom. The average molecular weight is 318 g/mol. The summed E-state index contributed by atoms with van der Waals surface area (Å²) in [6, 6.07) is 4.86. The maximum absolute atomic E-state index is 12.2. The molecule has 2 rings (SSSR count). The van der Waals surface area contributed by atoms with Gasteiger partial charge in [-0.25, -0.2) is 8.42 Å². The predicted octanol–water partition coefficient (Wildman–Crippen LogP) is 3.00. The molecule has 94 valence electrons. The first kappa shape index (κ1) is 12.9. The van der Waals surface area contributed by atoms with E-state index in [0.29, 0.717) is 21.0 Å². The highest BCUT2D eigenvalue weighted by molar-refractivity contribution is 9.10. The van der Waals surface area contributed by atoms with E-state index in [2.05, 4.69) is 15.9 Å². The van der Waals surface area contributed by atoms with Gasteiger partial charge in [-0.3, -0.25) is 0 Å². The van der Waals surface area contributed by atoms with Crippen LogP contribution in [0.25, 0.3) is 0 Å². The molecule has 17 heavy (non-hydrogen) atoms. The van der Waals surface area contributed by atoms with Crippen LogP contribution in [0, 0.1) is 5.92 Å². The van der Waals surface area contributed by atoms with E-state index in [1.807, 2.05) is 0 Å². The molecular weight excluding hydrogens is 302 g/mol. The van der Waals surface area contributed by atoms with E-state index in [4.69, 9.17) is 5.73 Å². The molecule has 1 aromatic rings. The molecular formula is C12H16BrNO2S. The maximum atomic E-state index is 12.2. The highest BCUT2D eigenvalue weighted by Gasteiger charge is 2.25. The van der Waals surface area contributed by atoms with Gasteiger partial charge < -0.3 is 5.73 Å². The summed E-state index contributed by atoms with van der Waals surface area (Å²) in [5, 5.41) is 0. The van der Waals surface area contributed by atoms with E-state index in [-0.39, 0.29) is 5.75 Å². The molecule has 0 unspecified atom stereocenters. The first-order chi connectivity index (χ1) is 7.99. The van der Waals surface area contributed by atoms with Gasteiger partial charge in [-0.1, -0.05) is 12.8 Å². The zero-order valence-corrected chi connectivity index (χ0v) is 11.9. The minimum atomic E-state index is -3.19. The van der Waals surface area contributed by atoms with Gasteiger partial charge in [0.05, 0.1) is 10.6 Å². The summed E-state index contributed by atoms with van der Waals surface area (Å²) in [4.78, 5) is 0.360. The van der Waals surface area contributed by atoms with Crippen molar-refractivity contribution in [2.24, 2.45) is 5.92 Å². The Balaban J connectivity index is 2.24. The number of nitrogen functional groups attached to an aromatic ring is 1. The van der Waals surface area contributed by atoms with Crippen LogP contribution in [0.2, 0.25) is 0 Å². The van der Waals surface area contributed by atoms with Crippen molar-refractivity contribution in [2.45, 2.75) is 30.6 Å². The van der Waals surface area contributed by atoms with Gasteiger partial charge in [0.15, 0.2) is 9.84 Å². The molecule has 0 amide bonds. The largest absolute Gasteiger partial charge is 0.399 e. The first-order valence-corrected chi connectivity index (χ1v) is 8.21. The van der Waals surface area contributed by atoms with Crippen LogP contribution < -0.4 is 5.73 Å². The van der Waals surface area contributed by atoms with Gasteiger partial charge >= 0.3 is 0 Å². The van der Waals surface area contributed by atoms with Crippen LogP contribution in [0.4, 0.5) is 5.69 Å². The van der Waals surface area contributed by atoms with E-state index in [1.165, 1.54) is 0 Å². The summed E-state index contributed by atoms with van der Waals surface area (Å²) in [7, 11) is -3.19. The van der Waals surface area contributed by atoms with Crippen LogP contribution in [0.15, 0.2) is 27.6 Å². The Hall–Kier alpha value is -0.550. The number of hydrogen-bond donors (Lipinski definition) is 1. The lowest BCUT2D eigenvalue weighted by Gasteiger charge is -2.11. The van der Waals surface area contributed by atoms with Gasteiger partial charge in [0.1, 0.15) is 0 Å². The molecule has 1 aliphatic rings. The fraction of sp³-hybridized carbons (Fsp3) is 0.500.